The molecule has 1 N–H and O–H groups in total. The van der Waals surface area contributed by atoms with Crippen LogP contribution in [-0.4, -0.2) is 35.1 Å². The summed E-state index contributed by atoms with van der Waals surface area (Å²) in [7, 11) is 0. The van der Waals surface area contributed by atoms with Gasteiger partial charge >= 0.3 is 0 Å². The molecule has 1 aliphatic heterocycles. The van der Waals surface area contributed by atoms with Gasteiger partial charge in [0.15, 0.2) is 0 Å². The van der Waals surface area contributed by atoms with Crippen molar-refractivity contribution in [1.29, 1.82) is 0 Å². The molecular weight excluding hydrogens is 230 g/mol. The second kappa shape index (κ2) is 4.67. The number of nitrogens with one attached hydrogen (secondary N) is 1. The van der Waals surface area contributed by atoms with Crippen molar-refractivity contribution in [3.8, 4) is 0 Å². The maximum atomic E-state index is 4.52. The molecule has 2 fully saturated rings. The molecule has 0 spiro atoms. The first-order chi connectivity index (χ1) is 8.22. The molecule has 1 saturated carbocycles. The number of thiazole rings is 1. The Labute approximate surface area is 107 Å². The van der Waals surface area contributed by atoms with Crippen molar-refractivity contribution in [2.75, 3.05) is 13.1 Å². The van der Waals surface area contributed by atoms with Crippen molar-refractivity contribution in [3.05, 3.63) is 16.1 Å². The Morgan fingerprint density at radius 3 is 2.88 bits per heavy atom. The van der Waals surface area contributed by atoms with Gasteiger partial charge < -0.3 is 5.32 Å². The highest BCUT2D eigenvalue weighted by Gasteiger charge is 2.31. The Morgan fingerprint density at radius 1 is 1.41 bits per heavy atom. The van der Waals surface area contributed by atoms with Crippen LogP contribution >= 0.6 is 11.3 Å². The molecule has 3 nitrogen and oxygen atoms in total. The number of aryl methyl sites for hydroxylation is 1. The summed E-state index contributed by atoms with van der Waals surface area (Å²) in [5.74, 6) is 0. The SMILES string of the molecule is Cc1cnc(C(C)N2CCC(NC3CC3)C2)s1. The predicted molar refractivity (Wildman–Crippen MR) is 71.4 cm³/mol. The van der Waals surface area contributed by atoms with E-state index >= 15 is 0 Å². The van der Waals surface area contributed by atoms with Gasteiger partial charge in [-0.2, -0.15) is 0 Å². The third-order valence-corrected chi connectivity index (χ3v) is 4.90. The Balaban J connectivity index is 1.57. The summed E-state index contributed by atoms with van der Waals surface area (Å²) in [6.45, 7) is 6.83. The van der Waals surface area contributed by atoms with Crippen molar-refractivity contribution >= 4 is 11.3 Å². The Hall–Kier alpha value is -0.450. The Bertz CT molecular complexity index is 386. The van der Waals surface area contributed by atoms with E-state index in [0.29, 0.717) is 12.1 Å². The second-order valence-corrected chi connectivity index (χ2v) is 6.67. The lowest BCUT2D eigenvalue weighted by molar-refractivity contribution is 0.255. The van der Waals surface area contributed by atoms with Crippen LogP contribution in [0.3, 0.4) is 0 Å². The smallest absolute Gasteiger partial charge is 0.110 e. The van der Waals surface area contributed by atoms with Gasteiger partial charge in [-0.1, -0.05) is 0 Å². The zero-order chi connectivity index (χ0) is 11.8. The third kappa shape index (κ3) is 2.69. The first-order valence-electron chi connectivity index (χ1n) is 6.65. The van der Waals surface area contributed by atoms with Gasteiger partial charge in [0.1, 0.15) is 5.01 Å². The highest BCUT2D eigenvalue weighted by atomic mass is 32.1. The highest BCUT2D eigenvalue weighted by molar-refractivity contribution is 7.11. The average Bonchev–Trinajstić information content (AvgIpc) is 2.83. The summed E-state index contributed by atoms with van der Waals surface area (Å²) in [5.41, 5.74) is 0. The van der Waals surface area contributed by atoms with Gasteiger partial charge in [0.25, 0.3) is 0 Å². The number of hydrogen-bond donors (Lipinski definition) is 1. The van der Waals surface area contributed by atoms with Crippen molar-refractivity contribution in [3.63, 3.8) is 0 Å². The Kier molecular flexibility index (Phi) is 3.19. The van der Waals surface area contributed by atoms with Crippen LogP contribution in [0, 0.1) is 6.92 Å². The van der Waals surface area contributed by atoms with E-state index in [4.69, 9.17) is 0 Å². The van der Waals surface area contributed by atoms with E-state index in [9.17, 15) is 0 Å². The minimum Gasteiger partial charge on any atom is -0.310 e. The molecule has 3 rings (SSSR count). The van der Waals surface area contributed by atoms with Gasteiger partial charge in [0.05, 0.1) is 6.04 Å². The molecule has 1 saturated heterocycles. The van der Waals surface area contributed by atoms with Crippen LogP contribution in [0.1, 0.15) is 42.1 Å². The maximum absolute atomic E-state index is 4.52. The van der Waals surface area contributed by atoms with Gasteiger partial charge in [-0.15, -0.1) is 11.3 Å². The average molecular weight is 251 g/mol. The van der Waals surface area contributed by atoms with Crippen molar-refractivity contribution < 1.29 is 0 Å². The first kappa shape index (κ1) is 11.6. The van der Waals surface area contributed by atoms with Crippen LogP contribution < -0.4 is 5.32 Å². The largest absolute Gasteiger partial charge is 0.310 e. The van der Waals surface area contributed by atoms with Gasteiger partial charge in [0, 0.05) is 36.2 Å². The molecule has 2 unspecified atom stereocenters. The predicted octanol–water partition coefficient (Wildman–Crippen LogP) is 2.34. The van der Waals surface area contributed by atoms with Gasteiger partial charge in [0.2, 0.25) is 0 Å². The molecule has 2 atom stereocenters. The molecule has 17 heavy (non-hydrogen) atoms. The van der Waals surface area contributed by atoms with Crippen molar-refractivity contribution in [2.24, 2.45) is 0 Å². The summed E-state index contributed by atoms with van der Waals surface area (Å²) in [4.78, 5) is 8.40. The van der Waals surface area contributed by atoms with Gasteiger partial charge in [-0.25, -0.2) is 4.98 Å². The third-order valence-electron chi connectivity index (χ3n) is 3.81. The molecule has 1 aliphatic carbocycles. The van der Waals surface area contributed by atoms with Crippen LogP contribution in [-0.2, 0) is 0 Å². The van der Waals surface area contributed by atoms with Crippen molar-refractivity contribution in [1.82, 2.24) is 15.2 Å². The van der Waals surface area contributed by atoms with E-state index in [0.717, 1.165) is 6.04 Å². The standard InChI is InChI=1S/C13H21N3S/c1-9-7-14-13(17-9)10(2)16-6-5-12(8-16)15-11-3-4-11/h7,10-12,15H,3-6,8H2,1-2H3. The maximum Gasteiger partial charge on any atom is 0.110 e. The summed E-state index contributed by atoms with van der Waals surface area (Å²) >= 11 is 1.84. The van der Waals surface area contributed by atoms with Gasteiger partial charge in [-0.3, -0.25) is 4.90 Å². The second-order valence-electron chi connectivity index (χ2n) is 5.41. The van der Waals surface area contributed by atoms with Crippen molar-refractivity contribution in [2.45, 2.75) is 51.2 Å². The number of rotatable bonds is 4. The van der Waals surface area contributed by atoms with Crippen LogP contribution in [0.15, 0.2) is 6.20 Å². The summed E-state index contributed by atoms with van der Waals surface area (Å²) in [5, 5.41) is 5.01. The van der Waals surface area contributed by atoms with E-state index in [2.05, 4.69) is 29.0 Å². The molecule has 94 valence electrons. The molecule has 2 aliphatic rings. The summed E-state index contributed by atoms with van der Waals surface area (Å²) in [6, 6.07) is 2.03. The summed E-state index contributed by atoms with van der Waals surface area (Å²) in [6.07, 6.45) is 6.06. The molecular formula is C13H21N3S. The number of hydrogen-bond acceptors (Lipinski definition) is 4. The number of nitrogens with zero attached hydrogens (tertiary/aromatic N) is 2. The van der Waals surface area contributed by atoms with Crippen LogP contribution in [0.5, 0.6) is 0 Å². The van der Waals surface area contributed by atoms with Crippen LogP contribution in [0.25, 0.3) is 0 Å². The summed E-state index contributed by atoms with van der Waals surface area (Å²) < 4.78 is 0. The normalized spacial score (nSPS) is 27.5. The van der Waals surface area contributed by atoms with E-state index in [-0.39, 0.29) is 0 Å². The number of likely N-dealkylation sites (tertiary alicyclic amines) is 1. The van der Waals surface area contributed by atoms with E-state index < -0.39 is 0 Å². The van der Waals surface area contributed by atoms with E-state index in [1.807, 2.05) is 17.5 Å². The molecule has 0 radical (unpaired) electrons. The molecule has 1 aromatic rings. The quantitative estimate of drug-likeness (QED) is 0.890. The molecule has 0 bridgehead atoms. The fourth-order valence-corrected chi connectivity index (χ4v) is 3.44. The van der Waals surface area contributed by atoms with E-state index in [1.54, 1.807) is 0 Å². The fourth-order valence-electron chi connectivity index (χ4n) is 2.58. The lowest BCUT2D eigenvalue weighted by Crippen LogP contribution is -2.34. The number of aromatic nitrogens is 1. The highest BCUT2D eigenvalue weighted by Crippen LogP contribution is 2.29. The van der Waals surface area contributed by atoms with Crippen LogP contribution in [0.4, 0.5) is 0 Å². The molecule has 4 heteroatoms. The minimum absolute atomic E-state index is 0.486. The van der Waals surface area contributed by atoms with E-state index in [1.165, 1.54) is 42.2 Å². The topological polar surface area (TPSA) is 28.2 Å². The lowest BCUT2D eigenvalue weighted by atomic mass is 10.2. The molecule has 0 amide bonds. The van der Waals surface area contributed by atoms with Gasteiger partial charge in [-0.05, 0) is 33.1 Å². The lowest BCUT2D eigenvalue weighted by Gasteiger charge is -2.22. The molecule has 0 aromatic carbocycles. The first-order valence-corrected chi connectivity index (χ1v) is 7.46. The fraction of sp³-hybridized carbons (Fsp3) is 0.769. The Morgan fingerprint density at radius 2 is 2.24 bits per heavy atom. The monoisotopic (exact) mass is 251 g/mol. The zero-order valence-corrected chi connectivity index (χ0v) is 11.5. The molecule has 2 heterocycles. The van der Waals surface area contributed by atoms with Crippen LogP contribution in [0.2, 0.25) is 0 Å². The molecule has 1 aromatic heterocycles. The minimum atomic E-state index is 0.486. The zero-order valence-electron chi connectivity index (χ0n) is 10.6.